The summed E-state index contributed by atoms with van der Waals surface area (Å²) in [7, 11) is 0. The largest absolute Gasteiger partial charge is 0.341 e. The Bertz CT molecular complexity index is 315. The third-order valence-electron chi connectivity index (χ3n) is 5.08. The summed E-state index contributed by atoms with van der Waals surface area (Å²) in [6.07, 6.45) is 4.72. The second-order valence-electron chi connectivity index (χ2n) is 6.32. The van der Waals surface area contributed by atoms with Crippen molar-refractivity contribution in [2.24, 2.45) is 5.92 Å². The zero-order valence-corrected chi connectivity index (χ0v) is 13.4. The van der Waals surface area contributed by atoms with Gasteiger partial charge in [0.05, 0.1) is 6.04 Å². The zero-order valence-electron chi connectivity index (χ0n) is 13.4. The number of hydrogen-bond acceptors (Lipinski definition) is 3. The summed E-state index contributed by atoms with van der Waals surface area (Å²) in [5.74, 6) is 1.02. The molecule has 1 N–H and O–H groups in total. The monoisotopic (exact) mass is 281 g/mol. The van der Waals surface area contributed by atoms with Gasteiger partial charge in [-0.05, 0) is 38.6 Å². The van der Waals surface area contributed by atoms with E-state index in [-0.39, 0.29) is 6.04 Å². The molecule has 0 aromatic rings. The van der Waals surface area contributed by atoms with Crippen LogP contribution in [-0.2, 0) is 4.79 Å². The van der Waals surface area contributed by atoms with Crippen molar-refractivity contribution in [2.75, 3.05) is 32.7 Å². The predicted octanol–water partition coefficient (Wildman–Crippen LogP) is 1.71. The molecule has 2 aliphatic heterocycles. The Morgan fingerprint density at radius 2 is 1.95 bits per heavy atom. The van der Waals surface area contributed by atoms with Crippen LogP contribution < -0.4 is 5.32 Å². The van der Waals surface area contributed by atoms with Gasteiger partial charge in [0.2, 0.25) is 5.91 Å². The average Bonchev–Trinajstić information content (AvgIpc) is 3.00. The highest BCUT2D eigenvalue weighted by Gasteiger charge is 2.33. The van der Waals surface area contributed by atoms with Crippen molar-refractivity contribution in [3.05, 3.63) is 0 Å². The van der Waals surface area contributed by atoms with Gasteiger partial charge >= 0.3 is 0 Å². The Morgan fingerprint density at radius 1 is 1.25 bits per heavy atom. The maximum absolute atomic E-state index is 12.5. The summed E-state index contributed by atoms with van der Waals surface area (Å²) in [5, 5.41) is 3.61. The molecular weight excluding hydrogens is 250 g/mol. The van der Waals surface area contributed by atoms with Crippen molar-refractivity contribution in [3.63, 3.8) is 0 Å². The molecule has 2 saturated heterocycles. The highest BCUT2D eigenvalue weighted by Crippen LogP contribution is 2.23. The van der Waals surface area contributed by atoms with E-state index >= 15 is 0 Å². The smallest absolute Gasteiger partial charge is 0.239 e. The third-order valence-corrected chi connectivity index (χ3v) is 5.08. The topological polar surface area (TPSA) is 35.6 Å². The number of nitrogens with zero attached hydrogens (tertiary/aromatic N) is 2. The van der Waals surface area contributed by atoms with Gasteiger partial charge in [-0.3, -0.25) is 9.69 Å². The highest BCUT2D eigenvalue weighted by molar-refractivity contribution is 5.81. The van der Waals surface area contributed by atoms with Crippen molar-refractivity contribution in [1.29, 1.82) is 0 Å². The summed E-state index contributed by atoms with van der Waals surface area (Å²) in [5.41, 5.74) is 0. The number of piperidine rings is 1. The van der Waals surface area contributed by atoms with E-state index in [2.05, 4.69) is 35.9 Å². The number of likely N-dealkylation sites (tertiary alicyclic amines) is 2. The van der Waals surface area contributed by atoms with Crippen molar-refractivity contribution in [1.82, 2.24) is 15.1 Å². The van der Waals surface area contributed by atoms with Crippen LogP contribution >= 0.6 is 0 Å². The second kappa shape index (κ2) is 7.41. The van der Waals surface area contributed by atoms with Crippen molar-refractivity contribution in [3.8, 4) is 0 Å². The summed E-state index contributed by atoms with van der Waals surface area (Å²) in [6, 6.07) is 0.695. The lowest BCUT2D eigenvalue weighted by Gasteiger charge is -2.41. The van der Waals surface area contributed by atoms with E-state index in [0.717, 1.165) is 32.7 Å². The van der Waals surface area contributed by atoms with Crippen LogP contribution in [0.2, 0.25) is 0 Å². The van der Waals surface area contributed by atoms with Crippen LogP contribution in [0, 0.1) is 5.92 Å². The molecule has 20 heavy (non-hydrogen) atoms. The first-order valence-corrected chi connectivity index (χ1v) is 8.43. The van der Waals surface area contributed by atoms with Crippen LogP contribution in [0.3, 0.4) is 0 Å². The fourth-order valence-electron chi connectivity index (χ4n) is 3.71. The SMILES string of the molecule is CCNC1CCN(C(C)C(=O)N2CCCC2)CC1CC. The van der Waals surface area contributed by atoms with Crippen LogP contribution in [-0.4, -0.2) is 60.5 Å². The molecule has 2 rings (SSSR count). The van der Waals surface area contributed by atoms with Gasteiger partial charge in [-0.15, -0.1) is 0 Å². The highest BCUT2D eigenvalue weighted by atomic mass is 16.2. The lowest BCUT2D eigenvalue weighted by Crippen LogP contribution is -2.55. The first kappa shape index (κ1) is 15.8. The van der Waals surface area contributed by atoms with E-state index in [1.54, 1.807) is 0 Å². The van der Waals surface area contributed by atoms with Crippen LogP contribution in [0.4, 0.5) is 0 Å². The molecule has 0 aromatic carbocycles. The number of hydrogen-bond donors (Lipinski definition) is 1. The van der Waals surface area contributed by atoms with Gasteiger partial charge in [-0.25, -0.2) is 0 Å². The number of carbonyl (C=O) groups excluding carboxylic acids is 1. The molecule has 2 heterocycles. The van der Waals surface area contributed by atoms with Crippen molar-refractivity contribution >= 4 is 5.91 Å². The molecule has 0 radical (unpaired) electrons. The van der Waals surface area contributed by atoms with Gasteiger partial charge in [-0.1, -0.05) is 20.3 Å². The molecule has 2 fully saturated rings. The first-order valence-electron chi connectivity index (χ1n) is 8.43. The molecule has 0 aromatic heterocycles. The summed E-state index contributed by atoms with van der Waals surface area (Å²) in [4.78, 5) is 17.0. The molecule has 0 spiro atoms. The van der Waals surface area contributed by atoms with E-state index in [4.69, 9.17) is 0 Å². The Balaban J connectivity index is 1.90. The van der Waals surface area contributed by atoms with Gasteiger partial charge in [0.25, 0.3) is 0 Å². The Kier molecular flexibility index (Phi) is 5.85. The van der Waals surface area contributed by atoms with Gasteiger partial charge in [0.15, 0.2) is 0 Å². The Hall–Kier alpha value is -0.610. The van der Waals surface area contributed by atoms with Gasteiger partial charge in [-0.2, -0.15) is 0 Å². The van der Waals surface area contributed by atoms with E-state index in [1.807, 2.05) is 0 Å². The fraction of sp³-hybridized carbons (Fsp3) is 0.938. The normalized spacial score (nSPS) is 29.6. The minimum absolute atomic E-state index is 0.0599. The van der Waals surface area contributed by atoms with E-state index < -0.39 is 0 Å². The molecule has 3 atom stereocenters. The lowest BCUT2D eigenvalue weighted by atomic mass is 9.89. The lowest BCUT2D eigenvalue weighted by molar-refractivity contribution is -0.136. The quantitative estimate of drug-likeness (QED) is 0.833. The van der Waals surface area contributed by atoms with E-state index in [0.29, 0.717) is 17.9 Å². The number of amides is 1. The average molecular weight is 281 g/mol. The maximum Gasteiger partial charge on any atom is 0.239 e. The van der Waals surface area contributed by atoms with Crippen molar-refractivity contribution < 1.29 is 4.79 Å². The Morgan fingerprint density at radius 3 is 2.55 bits per heavy atom. The number of rotatable bonds is 5. The molecule has 1 amide bonds. The predicted molar refractivity (Wildman–Crippen MR) is 82.7 cm³/mol. The standard InChI is InChI=1S/C16H31N3O/c1-4-14-12-19(11-8-15(14)17-5-2)13(3)16(20)18-9-6-7-10-18/h13-15,17H,4-12H2,1-3H3. The summed E-state index contributed by atoms with van der Waals surface area (Å²) >= 11 is 0. The molecule has 4 nitrogen and oxygen atoms in total. The van der Waals surface area contributed by atoms with Gasteiger partial charge in [0, 0.05) is 32.2 Å². The number of carbonyl (C=O) groups is 1. The fourth-order valence-corrected chi connectivity index (χ4v) is 3.71. The molecule has 116 valence electrons. The maximum atomic E-state index is 12.5. The summed E-state index contributed by atoms with van der Waals surface area (Å²) < 4.78 is 0. The Labute approximate surface area is 123 Å². The van der Waals surface area contributed by atoms with Crippen LogP contribution in [0.15, 0.2) is 0 Å². The summed E-state index contributed by atoms with van der Waals surface area (Å²) in [6.45, 7) is 11.6. The molecule has 2 aliphatic rings. The van der Waals surface area contributed by atoms with Crippen LogP contribution in [0.5, 0.6) is 0 Å². The van der Waals surface area contributed by atoms with E-state index in [1.165, 1.54) is 25.7 Å². The first-order chi connectivity index (χ1) is 9.67. The minimum Gasteiger partial charge on any atom is -0.341 e. The molecule has 0 saturated carbocycles. The van der Waals surface area contributed by atoms with E-state index in [9.17, 15) is 4.79 Å². The molecule has 0 bridgehead atoms. The molecular formula is C16H31N3O. The zero-order chi connectivity index (χ0) is 14.5. The van der Waals surface area contributed by atoms with Gasteiger partial charge < -0.3 is 10.2 Å². The molecule has 3 unspecified atom stereocenters. The number of nitrogens with one attached hydrogen (secondary N) is 1. The van der Waals surface area contributed by atoms with Gasteiger partial charge in [0.1, 0.15) is 0 Å². The molecule has 0 aliphatic carbocycles. The van der Waals surface area contributed by atoms with Crippen LogP contribution in [0.1, 0.15) is 46.5 Å². The second-order valence-corrected chi connectivity index (χ2v) is 6.32. The van der Waals surface area contributed by atoms with Crippen molar-refractivity contribution in [2.45, 2.75) is 58.5 Å². The van der Waals surface area contributed by atoms with Crippen LogP contribution in [0.25, 0.3) is 0 Å². The third kappa shape index (κ3) is 3.53. The minimum atomic E-state index is 0.0599. The molecule has 4 heteroatoms.